The third kappa shape index (κ3) is 3.60. The van der Waals surface area contributed by atoms with Crippen molar-refractivity contribution in [2.75, 3.05) is 5.32 Å². The number of amides is 1. The maximum absolute atomic E-state index is 13.3. The predicted octanol–water partition coefficient (Wildman–Crippen LogP) is 7.24. The number of hydrogen-bond acceptors (Lipinski definition) is 4. The molecule has 0 bridgehead atoms. The molecule has 0 aliphatic rings. The van der Waals surface area contributed by atoms with Crippen LogP contribution in [0.2, 0.25) is 5.02 Å². The molecule has 5 nitrogen and oxygen atoms in total. The molecule has 0 radical (unpaired) electrons. The Morgan fingerprint density at radius 3 is 2.21 bits per heavy atom. The smallest absolute Gasteiger partial charge is 0.291 e. The summed E-state index contributed by atoms with van der Waals surface area (Å²) in [4.78, 5) is 26.5. The van der Waals surface area contributed by atoms with Crippen molar-refractivity contribution in [3.63, 3.8) is 0 Å². The first kappa shape index (κ1) is 21.0. The lowest BCUT2D eigenvalue weighted by molar-refractivity contribution is 0.0997. The van der Waals surface area contributed by atoms with E-state index in [0.717, 1.165) is 22.1 Å². The van der Waals surface area contributed by atoms with Crippen molar-refractivity contribution < 1.29 is 18.4 Å². The number of furan rings is 2. The highest BCUT2D eigenvalue weighted by atomic mass is 35.5. The van der Waals surface area contributed by atoms with Crippen LogP contribution in [0.25, 0.3) is 21.9 Å². The van der Waals surface area contributed by atoms with Crippen LogP contribution in [0.5, 0.6) is 0 Å². The molecule has 5 aromatic rings. The summed E-state index contributed by atoms with van der Waals surface area (Å²) in [7, 11) is 0. The van der Waals surface area contributed by atoms with Gasteiger partial charge >= 0.3 is 0 Å². The monoisotopic (exact) mass is 457 g/mol. The Morgan fingerprint density at radius 1 is 0.788 bits per heavy atom. The number of para-hydroxylation sites is 1. The quantitative estimate of drug-likeness (QED) is 0.289. The molecule has 3 aromatic carbocycles. The Kier molecular flexibility index (Phi) is 5.06. The molecule has 0 saturated carbocycles. The van der Waals surface area contributed by atoms with Gasteiger partial charge in [-0.3, -0.25) is 9.59 Å². The summed E-state index contributed by atoms with van der Waals surface area (Å²) in [6, 6.07) is 17.6. The molecule has 2 heterocycles. The molecule has 0 saturated heterocycles. The number of hydrogen-bond donors (Lipinski definition) is 1. The average Bonchev–Trinajstić information content (AvgIpc) is 3.32. The van der Waals surface area contributed by atoms with Crippen LogP contribution in [-0.4, -0.2) is 11.7 Å². The lowest BCUT2D eigenvalue weighted by Crippen LogP contribution is -2.14. The number of carbonyl (C=O) groups excluding carboxylic acids is 2. The number of fused-ring (bicyclic) bond motifs is 2. The van der Waals surface area contributed by atoms with Crippen LogP contribution < -0.4 is 5.32 Å². The van der Waals surface area contributed by atoms with Crippen LogP contribution in [0.1, 0.15) is 43.4 Å². The fourth-order valence-corrected chi connectivity index (χ4v) is 4.05. The molecule has 0 spiro atoms. The predicted molar refractivity (Wildman–Crippen MR) is 129 cm³/mol. The average molecular weight is 458 g/mol. The van der Waals surface area contributed by atoms with Gasteiger partial charge in [0.05, 0.1) is 5.69 Å². The molecule has 0 fully saturated rings. The molecule has 0 aliphatic carbocycles. The first-order valence-corrected chi connectivity index (χ1v) is 10.8. The van der Waals surface area contributed by atoms with Crippen LogP contribution in [0.15, 0.2) is 69.5 Å². The number of carbonyl (C=O) groups is 2. The zero-order chi connectivity index (χ0) is 23.3. The van der Waals surface area contributed by atoms with Crippen LogP contribution in [-0.2, 0) is 0 Å². The largest absolute Gasteiger partial charge is 0.451 e. The second kappa shape index (κ2) is 7.94. The second-order valence-electron chi connectivity index (χ2n) is 8.08. The van der Waals surface area contributed by atoms with Crippen molar-refractivity contribution in [3.8, 4) is 0 Å². The van der Waals surface area contributed by atoms with Crippen LogP contribution in [0, 0.1) is 20.8 Å². The van der Waals surface area contributed by atoms with Crippen molar-refractivity contribution in [3.05, 3.63) is 99.5 Å². The van der Waals surface area contributed by atoms with E-state index in [0.29, 0.717) is 32.8 Å². The van der Waals surface area contributed by atoms with Crippen molar-refractivity contribution in [1.82, 2.24) is 0 Å². The summed E-state index contributed by atoms with van der Waals surface area (Å²) in [5, 5.41) is 4.91. The van der Waals surface area contributed by atoms with E-state index < -0.39 is 5.91 Å². The van der Waals surface area contributed by atoms with Crippen molar-refractivity contribution >= 4 is 50.9 Å². The Labute approximate surface area is 194 Å². The van der Waals surface area contributed by atoms with Crippen LogP contribution in [0.4, 0.5) is 5.69 Å². The highest BCUT2D eigenvalue weighted by molar-refractivity contribution is 6.30. The third-order valence-corrected chi connectivity index (χ3v) is 6.16. The lowest BCUT2D eigenvalue weighted by Gasteiger charge is -2.05. The summed E-state index contributed by atoms with van der Waals surface area (Å²) in [5.41, 5.74) is 4.80. The molecule has 2 aromatic heterocycles. The van der Waals surface area contributed by atoms with Gasteiger partial charge in [0.25, 0.3) is 5.91 Å². The number of ketones is 1. The molecule has 6 heteroatoms. The Bertz CT molecular complexity index is 1560. The lowest BCUT2D eigenvalue weighted by atomic mass is 10.0. The van der Waals surface area contributed by atoms with E-state index >= 15 is 0 Å². The summed E-state index contributed by atoms with van der Waals surface area (Å²) >= 11 is 5.96. The molecular formula is C27H20ClNO4. The maximum Gasteiger partial charge on any atom is 0.291 e. The number of nitrogens with one attached hydrogen (secondary N) is 1. The minimum atomic E-state index is -0.448. The minimum absolute atomic E-state index is 0.0484. The van der Waals surface area contributed by atoms with Gasteiger partial charge in [0.15, 0.2) is 11.5 Å². The van der Waals surface area contributed by atoms with E-state index in [4.69, 9.17) is 20.4 Å². The Morgan fingerprint density at radius 2 is 1.45 bits per heavy atom. The Balaban J connectivity index is 1.59. The number of aryl methyl sites for hydroxylation is 3. The number of rotatable bonds is 4. The second-order valence-corrected chi connectivity index (χ2v) is 8.52. The van der Waals surface area contributed by atoms with Gasteiger partial charge in [-0.15, -0.1) is 0 Å². The van der Waals surface area contributed by atoms with Gasteiger partial charge in [0.1, 0.15) is 11.2 Å². The molecule has 5 rings (SSSR count). The topological polar surface area (TPSA) is 72.5 Å². The van der Waals surface area contributed by atoms with Crippen molar-refractivity contribution in [1.29, 1.82) is 0 Å². The number of anilines is 1. The first-order valence-electron chi connectivity index (χ1n) is 10.5. The summed E-state index contributed by atoms with van der Waals surface area (Å²) < 4.78 is 11.8. The van der Waals surface area contributed by atoms with Crippen LogP contribution >= 0.6 is 11.6 Å². The van der Waals surface area contributed by atoms with Crippen molar-refractivity contribution in [2.24, 2.45) is 0 Å². The Hall–Kier alpha value is -3.83. The highest BCUT2D eigenvalue weighted by Crippen LogP contribution is 2.34. The summed E-state index contributed by atoms with van der Waals surface area (Å²) in [6.07, 6.45) is 0. The number of halogens is 1. The molecule has 1 N–H and O–H groups in total. The van der Waals surface area contributed by atoms with E-state index in [1.54, 1.807) is 36.4 Å². The summed E-state index contributed by atoms with van der Waals surface area (Å²) in [5.74, 6) is -0.557. The SMILES string of the molecule is Cc1cc2oc(C(=O)Nc3c(C(=O)c4ccc(Cl)cc4)oc4ccccc34)c(C)c2cc1C. The van der Waals surface area contributed by atoms with E-state index in [9.17, 15) is 9.59 Å². The standard InChI is InChI=1S/C27H20ClNO4/c1-14-12-20-16(3)25(33-22(20)13-15(14)2)27(31)29-23-19-6-4-5-7-21(19)32-26(23)24(30)17-8-10-18(28)11-9-17/h4-13H,1-3H3,(H,29,31). The van der Waals surface area contributed by atoms with Gasteiger partial charge in [-0.1, -0.05) is 23.7 Å². The minimum Gasteiger partial charge on any atom is -0.451 e. The van der Waals surface area contributed by atoms with Gasteiger partial charge in [-0.2, -0.15) is 0 Å². The molecule has 164 valence electrons. The first-order chi connectivity index (χ1) is 15.8. The molecule has 0 aliphatic heterocycles. The molecular weight excluding hydrogens is 438 g/mol. The van der Waals surface area contributed by atoms with Gasteiger partial charge in [0, 0.05) is 26.9 Å². The molecule has 0 unspecified atom stereocenters. The zero-order valence-corrected chi connectivity index (χ0v) is 19.0. The zero-order valence-electron chi connectivity index (χ0n) is 18.3. The maximum atomic E-state index is 13.3. The summed E-state index contributed by atoms with van der Waals surface area (Å²) in [6.45, 7) is 5.87. The fourth-order valence-electron chi connectivity index (χ4n) is 3.92. The van der Waals surface area contributed by atoms with E-state index in [-0.39, 0.29) is 17.3 Å². The van der Waals surface area contributed by atoms with Gasteiger partial charge < -0.3 is 14.2 Å². The van der Waals surface area contributed by atoms with Crippen molar-refractivity contribution in [2.45, 2.75) is 20.8 Å². The highest BCUT2D eigenvalue weighted by Gasteiger charge is 2.26. The van der Waals surface area contributed by atoms with Gasteiger partial charge in [-0.25, -0.2) is 0 Å². The molecule has 1 amide bonds. The van der Waals surface area contributed by atoms with Gasteiger partial charge in [0.2, 0.25) is 5.78 Å². The van der Waals surface area contributed by atoms with E-state index in [1.807, 2.05) is 45.0 Å². The van der Waals surface area contributed by atoms with E-state index in [1.165, 1.54) is 0 Å². The third-order valence-electron chi connectivity index (χ3n) is 5.91. The molecule has 33 heavy (non-hydrogen) atoms. The normalized spacial score (nSPS) is 11.3. The molecule has 0 atom stereocenters. The van der Waals surface area contributed by atoms with E-state index in [2.05, 4.69) is 5.32 Å². The number of benzene rings is 3. The van der Waals surface area contributed by atoms with Gasteiger partial charge in [-0.05, 0) is 80.4 Å². The van der Waals surface area contributed by atoms with Crippen LogP contribution in [0.3, 0.4) is 0 Å². The fraction of sp³-hybridized carbons (Fsp3) is 0.111.